The number of oxime groups is 1. The van der Waals surface area contributed by atoms with E-state index in [9.17, 15) is 4.39 Å². The highest BCUT2D eigenvalue weighted by Crippen LogP contribution is 2.11. The van der Waals surface area contributed by atoms with Crippen molar-refractivity contribution in [3.05, 3.63) is 65.5 Å². The Hall–Kier alpha value is -2.87. The average molecular weight is 298 g/mol. The van der Waals surface area contributed by atoms with Crippen molar-refractivity contribution in [1.82, 2.24) is 0 Å². The van der Waals surface area contributed by atoms with Gasteiger partial charge in [0.2, 0.25) is 0 Å². The molecular weight excluding hydrogens is 283 g/mol. The van der Waals surface area contributed by atoms with Gasteiger partial charge in [0.1, 0.15) is 18.2 Å². The van der Waals surface area contributed by atoms with Gasteiger partial charge in [-0.25, -0.2) is 4.39 Å². The second-order valence-electron chi connectivity index (χ2n) is 4.46. The molecule has 0 aliphatic carbocycles. The van der Waals surface area contributed by atoms with E-state index in [0.29, 0.717) is 36.5 Å². The summed E-state index contributed by atoms with van der Waals surface area (Å²) in [6.07, 6.45) is 2.13. The Morgan fingerprint density at radius 2 is 1.95 bits per heavy atom. The van der Waals surface area contributed by atoms with Gasteiger partial charge in [-0.3, -0.25) is 0 Å². The fourth-order valence-electron chi connectivity index (χ4n) is 1.68. The topological polar surface area (TPSA) is 54.6 Å². The van der Waals surface area contributed by atoms with Gasteiger partial charge in [0.05, 0.1) is 24.5 Å². The summed E-state index contributed by atoms with van der Waals surface area (Å²) in [6.45, 7) is 0.892. The molecule has 0 atom stereocenters. The first-order valence-corrected chi connectivity index (χ1v) is 6.82. The summed E-state index contributed by atoms with van der Waals surface area (Å²) in [7, 11) is 0. The molecule has 112 valence electrons. The maximum atomic E-state index is 12.9. The predicted molar refractivity (Wildman–Crippen MR) is 81.2 cm³/mol. The molecule has 0 N–H and O–H groups in total. The second kappa shape index (κ2) is 8.42. The normalized spacial score (nSPS) is 10.4. The maximum Gasteiger partial charge on any atom is 0.123 e. The molecule has 0 radical (unpaired) electrons. The molecule has 2 aromatic carbocycles. The standard InChI is InChI=1S/C17H15FN2O2/c18-16-4-1-3-15(11-16)13-20-22-10-2-9-21-17-7-5-14(12-19)6-8-17/h1,3-8,11,13H,2,9-10H2/b20-13+. The first-order valence-electron chi connectivity index (χ1n) is 6.82. The monoisotopic (exact) mass is 298 g/mol. The van der Waals surface area contributed by atoms with Gasteiger partial charge in [-0.15, -0.1) is 0 Å². The smallest absolute Gasteiger partial charge is 0.123 e. The number of benzene rings is 2. The lowest BCUT2D eigenvalue weighted by Gasteiger charge is -2.05. The molecule has 2 aromatic rings. The molecule has 0 aliphatic rings. The molecule has 0 spiro atoms. The number of rotatable bonds is 7. The number of hydrogen-bond acceptors (Lipinski definition) is 4. The molecular formula is C17H15FN2O2. The minimum absolute atomic E-state index is 0.306. The molecule has 0 amide bonds. The number of nitriles is 1. The van der Waals surface area contributed by atoms with Crippen molar-refractivity contribution in [3.8, 4) is 11.8 Å². The third-order valence-corrected chi connectivity index (χ3v) is 2.76. The van der Waals surface area contributed by atoms with Crippen molar-refractivity contribution < 1.29 is 14.0 Å². The average Bonchev–Trinajstić information content (AvgIpc) is 2.54. The summed E-state index contributed by atoms with van der Waals surface area (Å²) >= 11 is 0. The molecule has 22 heavy (non-hydrogen) atoms. The van der Waals surface area contributed by atoms with Crippen LogP contribution in [0.2, 0.25) is 0 Å². The molecule has 0 fully saturated rings. The van der Waals surface area contributed by atoms with Crippen molar-refractivity contribution in [2.75, 3.05) is 13.2 Å². The second-order valence-corrected chi connectivity index (χ2v) is 4.46. The molecule has 5 heteroatoms. The fraction of sp³-hybridized carbons (Fsp3) is 0.176. The van der Waals surface area contributed by atoms with Gasteiger partial charge in [0, 0.05) is 6.42 Å². The third kappa shape index (κ3) is 5.25. The van der Waals surface area contributed by atoms with Crippen molar-refractivity contribution in [3.63, 3.8) is 0 Å². The van der Waals surface area contributed by atoms with Gasteiger partial charge >= 0.3 is 0 Å². The predicted octanol–water partition coefficient (Wildman–Crippen LogP) is 3.52. The molecule has 4 nitrogen and oxygen atoms in total. The summed E-state index contributed by atoms with van der Waals surface area (Å²) in [6, 6.07) is 15.1. The minimum Gasteiger partial charge on any atom is -0.493 e. The minimum atomic E-state index is -0.306. The van der Waals surface area contributed by atoms with E-state index in [-0.39, 0.29) is 5.82 Å². The van der Waals surface area contributed by atoms with E-state index < -0.39 is 0 Å². The highest BCUT2D eigenvalue weighted by molar-refractivity contribution is 5.78. The van der Waals surface area contributed by atoms with Gasteiger partial charge in [-0.05, 0) is 42.0 Å². The van der Waals surface area contributed by atoms with Crippen LogP contribution >= 0.6 is 0 Å². The highest BCUT2D eigenvalue weighted by Gasteiger charge is 1.95. The lowest BCUT2D eigenvalue weighted by molar-refractivity contribution is 0.129. The maximum absolute atomic E-state index is 12.9. The SMILES string of the molecule is N#Cc1ccc(OCCCO/N=C/c2cccc(F)c2)cc1. The van der Waals surface area contributed by atoms with E-state index >= 15 is 0 Å². The van der Waals surface area contributed by atoms with E-state index in [1.165, 1.54) is 18.3 Å². The summed E-state index contributed by atoms with van der Waals surface area (Å²) < 4.78 is 18.4. The van der Waals surface area contributed by atoms with Crippen LogP contribution in [0.1, 0.15) is 17.5 Å². The van der Waals surface area contributed by atoms with Gasteiger partial charge < -0.3 is 9.57 Å². The van der Waals surface area contributed by atoms with Crippen molar-refractivity contribution in [2.45, 2.75) is 6.42 Å². The van der Waals surface area contributed by atoms with Gasteiger partial charge in [0.25, 0.3) is 0 Å². The van der Waals surface area contributed by atoms with Gasteiger partial charge in [-0.1, -0.05) is 17.3 Å². The Bertz CT molecular complexity index is 663. The van der Waals surface area contributed by atoms with Crippen LogP contribution in [0.3, 0.4) is 0 Å². The highest BCUT2D eigenvalue weighted by atomic mass is 19.1. The van der Waals surface area contributed by atoms with Crippen molar-refractivity contribution >= 4 is 6.21 Å². The van der Waals surface area contributed by atoms with E-state index in [1.807, 2.05) is 6.07 Å². The van der Waals surface area contributed by atoms with E-state index in [2.05, 4.69) is 5.16 Å². The van der Waals surface area contributed by atoms with Gasteiger partial charge in [-0.2, -0.15) is 5.26 Å². The lowest BCUT2D eigenvalue weighted by Crippen LogP contribution is -2.01. The Morgan fingerprint density at radius 1 is 1.14 bits per heavy atom. The summed E-state index contributed by atoms with van der Waals surface area (Å²) in [5.41, 5.74) is 1.25. The Kier molecular flexibility index (Phi) is 5.94. The Balaban J connectivity index is 1.62. The number of halogens is 1. The third-order valence-electron chi connectivity index (χ3n) is 2.76. The van der Waals surface area contributed by atoms with Crippen LogP contribution in [0.5, 0.6) is 5.75 Å². The number of ether oxygens (including phenoxy) is 1. The zero-order valence-corrected chi connectivity index (χ0v) is 11.9. The fourth-order valence-corrected chi connectivity index (χ4v) is 1.68. The Morgan fingerprint density at radius 3 is 2.68 bits per heavy atom. The van der Waals surface area contributed by atoms with Crippen LogP contribution in [0.15, 0.2) is 53.7 Å². The molecule has 0 saturated heterocycles. The van der Waals surface area contributed by atoms with Crippen LogP contribution in [-0.4, -0.2) is 19.4 Å². The van der Waals surface area contributed by atoms with Gasteiger partial charge in [0.15, 0.2) is 0 Å². The van der Waals surface area contributed by atoms with Crippen molar-refractivity contribution in [1.29, 1.82) is 5.26 Å². The molecule has 0 aliphatic heterocycles. The van der Waals surface area contributed by atoms with E-state index in [0.717, 1.165) is 0 Å². The largest absolute Gasteiger partial charge is 0.493 e. The molecule has 0 aromatic heterocycles. The van der Waals surface area contributed by atoms with Crippen LogP contribution in [0, 0.1) is 17.1 Å². The summed E-state index contributed by atoms with van der Waals surface area (Å²) in [4.78, 5) is 5.08. The van der Waals surface area contributed by atoms with Crippen LogP contribution < -0.4 is 4.74 Å². The number of nitrogens with zero attached hydrogens (tertiary/aromatic N) is 2. The molecule has 2 rings (SSSR count). The van der Waals surface area contributed by atoms with E-state index in [4.69, 9.17) is 14.8 Å². The van der Waals surface area contributed by atoms with E-state index in [1.54, 1.807) is 36.4 Å². The Labute approximate surface area is 128 Å². The summed E-state index contributed by atoms with van der Waals surface area (Å²) in [5, 5.41) is 12.4. The van der Waals surface area contributed by atoms with Crippen molar-refractivity contribution in [2.24, 2.45) is 5.16 Å². The molecule has 0 unspecified atom stereocenters. The number of hydrogen-bond donors (Lipinski definition) is 0. The molecule has 0 bridgehead atoms. The van der Waals surface area contributed by atoms with Crippen LogP contribution in [-0.2, 0) is 4.84 Å². The lowest BCUT2D eigenvalue weighted by atomic mass is 10.2. The quantitative estimate of drug-likeness (QED) is 0.446. The summed E-state index contributed by atoms with van der Waals surface area (Å²) in [5.74, 6) is 0.405. The van der Waals surface area contributed by atoms with Crippen LogP contribution in [0.4, 0.5) is 4.39 Å². The molecule has 0 saturated carbocycles. The zero-order chi connectivity index (χ0) is 15.6. The first kappa shape index (κ1) is 15.5. The zero-order valence-electron chi connectivity index (χ0n) is 11.9. The first-order chi connectivity index (χ1) is 10.8. The molecule has 0 heterocycles. The van der Waals surface area contributed by atoms with Crippen LogP contribution in [0.25, 0.3) is 0 Å².